The second-order valence-electron chi connectivity index (χ2n) is 3.17. The van der Waals surface area contributed by atoms with Crippen molar-refractivity contribution < 1.29 is 25.5 Å². The largest absolute Gasteiger partial charge is 0.394 e. The van der Waals surface area contributed by atoms with Crippen LogP contribution in [0, 0.1) is 0 Å². The van der Waals surface area contributed by atoms with E-state index in [0.29, 0.717) is 0 Å². The van der Waals surface area contributed by atoms with Crippen molar-refractivity contribution in [3.8, 4) is 0 Å². The lowest BCUT2D eigenvalue weighted by Gasteiger charge is -2.34. The zero-order valence-corrected chi connectivity index (χ0v) is 7.46. The van der Waals surface area contributed by atoms with Gasteiger partial charge in [-0.3, -0.25) is 0 Å². The lowest BCUT2D eigenvalue weighted by Crippen LogP contribution is -2.57. The Kier molecular flexibility index (Phi) is 4.76. The first-order valence-electron chi connectivity index (χ1n) is 3.95. The SMILES string of the molecule is C[C@@](O)([C@H](O)CO)[C@H](O)[C@@H](O)CN. The lowest BCUT2D eigenvalue weighted by molar-refractivity contribution is -0.173. The highest BCUT2D eigenvalue weighted by Crippen LogP contribution is 2.17. The first-order chi connectivity index (χ1) is 5.87. The number of hydrogen-bond acceptors (Lipinski definition) is 6. The smallest absolute Gasteiger partial charge is 0.118 e. The average molecular weight is 195 g/mol. The Hall–Kier alpha value is -0.240. The molecule has 6 heteroatoms. The molecule has 0 heterocycles. The predicted octanol–water partition coefficient (Wildman–Crippen LogP) is -3.23. The van der Waals surface area contributed by atoms with Gasteiger partial charge in [-0.15, -0.1) is 0 Å². The van der Waals surface area contributed by atoms with E-state index in [9.17, 15) is 10.2 Å². The van der Waals surface area contributed by atoms with Gasteiger partial charge in [0, 0.05) is 6.54 Å². The van der Waals surface area contributed by atoms with E-state index >= 15 is 0 Å². The fourth-order valence-corrected chi connectivity index (χ4v) is 0.900. The monoisotopic (exact) mass is 195 g/mol. The Morgan fingerprint density at radius 1 is 1.31 bits per heavy atom. The summed E-state index contributed by atoms with van der Waals surface area (Å²) in [6.45, 7) is 0.161. The van der Waals surface area contributed by atoms with Crippen molar-refractivity contribution in [2.24, 2.45) is 5.73 Å². The van der Waals surface area contributed by atoms with Gasteiger partial charge in [0.25, 0.3) is 0 Å². The standard InChI is InChI=1S/C7H17NO5/c1-7(13,5(11)3-9)6(12)4(10)2-8/h4-6,9-13H,2-3,8H2,1H3/t4-,5+,6+,7+/m0/s1. The number of rotatable bonds is 5. The first kappa shape index (κ1) is 12.8. The van der Waals surface area contributed by atoms with Crippen LogP contribution >= 0.6 is 0 Å². The summed E-state index contributed by atoms with van der Waals surface area (Å²) in [4.78, 5) is 0. The molecular weight excluding hydrogens is 178 g/mol. The molecule has 80 valence electrons. The topological polar surface area (TPSA) is 127 Å². The Morgan fingerprint density at radius 2 is 1.77 bits per heavy atom. The van der Waals surface area contributed by atoms with E-state index in [1.54, 1.807) is 0 Å². The maximum absolute atomic E-state index is 9.48. The van der Waals surface area contributed by atoms with Gasteiger partial charge in [0.1, 0.15) is 17.8 Å². The van der Waals surface area contributed by atoms with E-state index in [0.717, 1.165) is 6.92 Å². The molecule has 0 spiro atoms. The maximum Gasteiger partial charge on any atom is 0.118 e. The van der Waals surface area contributed by atoms with Gasteiger partial charge in [-0.25, -0.2) is 0 Å². The molecule has 0 fully saturated rings. The molecular formula is C7H17NO5. The molecule has 0 aliphatic rings. The Labute approximate surface area is 76.2 Å². The summed E-state index contributed by atoms with van der Waals surface area (Å²) in [5.41, 5.74) is 3.07. The molecule has 6 nitrogen and oxygen atoms in total. The summed E-state index contributed by atoms with van der Waals surface area (Å²) >= 11 is 0. The van der Waals surface area contributed by atoms with Crippen molar-refractivity contribution in [3.05, 3.63) is 0 Å². The number of aliphatic hydroxyl groups excluding tert-OH is 4. The van der Waals surface area contributed by atoms with Gasteiger partial charge in [0.05, 0.1) is 12.7 Å². The summed E-state index contributed by atoms with van der Waals surface area (Å²) in [5.74, 6) is 0. The summed E-state index contributed by atoms with van der Waals surface area (Å²) in [5, 5.41) is 45.5. The Bertz CT molecular complexity index is 152. The van der Waals surface area contributed by atoms with Crippen LogP contribution < -0.4 is 5.73 Å². The maximum atomic E-state index is 9.48. The molecule has 0 aromatic carbocycles. The van der Waals surface area contributed by atoms with Crippen molar-refractivity contribution in [2.75, 3.05) is 13.2 Å². The van der Waals surface area contributed by atoms with Gasteiger partial charge in [0.15, 0.2) is 0 Å². The molecule has 0 aromatic rings. The number of aliphatic hydroxyl groups is 5. The summed E-state index contributed by atoms with van der Waals surface area (Å²) in [6, 6.07) is 0. The molecule has 0 radical (unpaired) electrons. The molecule has 0 bridgehead atoms. The molecule has 0 aliphatic heterocycles. The second kappa shape index (κ2) is 4.85. The normalized spacial score (nSPS) is 23.3. The zero-order valence-electron chi connectivity index (χ0n) is 7.46. The molecule has 0 aliphatic carbocycles. The van der Waals surface area contributed by atoms with E-state index in [1.165, 1.54) is 0 Å². The average Bonchev–Trinajstić information content (AvgIpc) is 2.13. The summed E-state index contributed by atoms with van der Waals surface area (Å²) in [7, 11) is 0. The minimum atomic E-state index is -1.98. The molecule has 4 atom stereocenters. The van der Waals surface area contributed by atoms with E-state index < -0.39 is 30.5 Å². The number of hydrogen-bond donors (Lipinski definition) is 6. The fraction of sp³-hybridized carbons (Fsp3) is 1.00. The van der Waals surface area contributed by atoms with Crippen LogP contribution in [0.2, 0.25) is 0 Å². The molecule has 13 heavy (non-hydrogen) atoms. The van der Waals surface area contributed by atoms with Crippen molar-refractivity contribution in [3.63, 3.8) is 0 Å². The summed E-state index contributed by atoms with van der Waals surface area (Å²) < 4.78 is 0. The molecule has 0 saturated heterocycles. The van der Waals surface area contributed by atoms with Crippen LogP contribution in [0.3, 0.4) is 0 Å². The van der Waals surface area contributed by atoms with E-state index in [2.05, 4.69) is 0 Å². The van der Waals surface area contributed by atoms with Crippen LogP contribution in [0.4, 0.5) is 0 Å². The van der Waals surface area contributed by atoms with E-state index in [-0.39, 0.29) is 6.54 Å². The van der Waals surface area contributed by atoms with Crippen molar-refractivity contribution in [2.45, 2.75) is 30.8 Å². The minimum absolute atomic E-state index is 0.241. The van der Waals surface area contributed by atoms with Crippen molar-refractivity contribution in [1.29, 1.82) is 0 Å². The Balaban J connectivity index is 4.42. The van der Waals surface area contributed by atoms with Gasteiger partial charge in [-0.05, 0) is 6.92 Å². The first-order valence-corrected chi connectivity index (χ1v) is 3.95. The Morgan fingerprint density at radius 3 is 2.08 bits per heavy atom. The predicted molar refractivity (Wildman–Crippen MR) is 44.8 cm³/mol. The second-order valence-corrected chi connectivity index (χ2v) is 3.17. The van der Waals surface area contributed by atoms with Crippen molar-refractivity contribution >= 4 is 0 Å². The third kappa shape index (κ3) is 2.87. The molecule has 0 rings (SSSR count). The highest BCUT2D eigenvalue weighted by atomic mass is 16.4. The molecule has 7 N–H and O–H groups in total. The highest BCUT2D eigenvalue weighted by Gasteiger charge is 2.41. The van der Waals surface area contributed by atoms with Crippen LogP contribution in [0.5, 0.6) is 0 Å². The van der Waals surface area contributed by atoms with Gasteiger partial charge in [-0.1, -0.05) is 0 Å². The van der Waals surface area contributed by atoms with Crippen LogP contribution in [-0.4, -0.2) is 62.6 Å². The van der Waals surface area contributed by atoms with Crippen LogP contribution in [0.25, 0.3) is 0 Å². The van der Waals surface area contributed by atoms with Crippen LogP contribution in [0.15, 0.2) is 0 Å². The third-order valence-corrected chi connectivity index (χ3v) is 2.05. The lowest BCUT2D eigenvalue weighted by atomic mass is 9.89. The quantitative estimate of drug-likeness (QED) is 0.274. The zero-order chi connectivity index (χ0) is 10.6. The molecule has 0 saturated carbocycles. The van der Waals surface area contributed by atoms with Crippen molar-refractivity contribution in [1.82, 2.24) is 0 Å². The highest BCUT2D eigenvalue weighted by molar-refractivity contribution is 4.92. The van der Waals surface area contributed by atoms with Gasteiger partial charge in [0.2, 0.25) is 0 Å². The van der Waals surface area contributed by atoms with E-state index in [1.807, 2.05) is 0 Å². The van der Waals surface area contributed by atoms with E-state index in [4.69, 9.17) is 21.1 Å². The van der Waals surface area contributed by atoms with Gasteiger partial charge >= 0.3 is 0 Å². The van der Waals surface area contributed by atoms with Crippen LogP contribution in [0.1, 0.15) is 6.92 Å². The third-order valence-electron chi connectivity index (χ3n) is 2.05. The molecule has 0 amide bonds. The molecule has 0 unspecified atom stereocenters. The van der Waals surface area contributed by atoms with Crippen LogP contribution in [-0.2, 0) is 0 Å². The van der Waals surface area contributed by atoms with Gasteiger partial charge < -0.3 is 31.3 Å². The summed E-state index contributed by atoms with van der Waals surface area (Å²) in [6.07, 6.45) is -4.46. The minimum Gasteiger partial charge on any atom is -0.394 e. The van der Waals surface area contributed by atoms with Gasteiger partial charge in [-0.2, -0.15) is 0 Å². The fourth-order valence-electron chi connectivity index (χ4n) is 0.900. The molecule has 0 aromatic heterocycles. The number of nitrogens with two attached hydrogens (primary N) is 1.